The molecule has 18 heavy (non-hydrogen) atoms. The molecule has 0 aromatic heterocycles. The van der Waals surface area contributed by atoms with E-state index < -0.39 is 38.8 Å². The fourth-order valence-electron chi connectivity index (χ4n) is 2.05. The van der Waals surface area contributed by atoms with Gasteiger partial charge in [0.1, 0.15) is 20.1 Å². The number of aliphatic hydroxyl groups excluding tert-OH is 2. The van der Waals surface area contributed by atoms with Gasteiger partial charge in [-0.15, -0.1) is 0 Å². The quantitative estimate of drug-likeness (QED) is 0.370. The van der Waals surface area contributed by atoms with Crippen molar-refractivity contribution in [3.8, 4) is 0 Å². The van der Waals surface area contributed by atoms with Gasteiger partial charge >= 0.3 is 0 Å². The summed E-state index contributed by atoms with van der Waals surface area (Å²) in [5.74, 6) is -0.194. The lowest BCUT2D eigenvalue weighted by Gasteiger charge is -2.20. The second kappa shape index (κ2) is 5.80. The number of aliphatic hydroxyl groups is 2. The Hall–Kier alpha value is 0.395. The molecular formula is C9H21BO6P2. The van der Waals surface area contributed by atoms with Crippen molar-refractivity contribution in [2.75, 3.05) is 18.7 Å². The van der Waals surface area contributed by atoms with Crippen molar-refractivity contribution in [1.82, 2.24) is 0 Å². The van der Waals surface area contributed by atoms with E-state index in [-0.39, 0.29) is 18.5 Å². The summed E-state index contributed by atoms with van der Waals surface area (Å²) in [5, 5.41) is 19.2. The molecule has 0 radical (unpaired) electrons. The van der Waals surface area contributed by atoms with E-state index in [1.54, 1.807) is 7.85 Å². The summed E-state index contributed by atoms with van der Waals surface area (Å²) in [6.07, 6.45) is 0.980. The van der Waals surface area contributed by atoms with E-state index in [1.807, 2.05) is 0 Å². The van der Waals surface area contributed by atoms with Crippen LogP contribution < -0.4 is 0 Å². The predicted octanol–water partition coefficient (Wildman–Crippen LogP) is -1.33. The molecule has 1 aliphatic rings. The third kappa shape index (κ3) is 4.82. The van der Waals surface area contributed by atoms with Crippen molar-refractivity contribution in [3.63, 3.8) is 0 Å². The molecule has 0 aliphatic carbocycles. The molecule has 6 atom stereocenters. The van der Waals surface area contributed by atoms with Crippen LogP contribution in [0, 0.1) is 0 Å². The molecule has 1 heterocycles. The summed E-state index contributed by atoms with van der Waals surface area (Å²) in [7, 11) is -4.38. The molecule has 106 valence electrons. The van der Waals surface area contributed by atoms with E-state index in [1.165, 1.54) is 6.66 Å². The Balaban J connectivity index is 2.51. The molecule has 0 bridgehead atoms. The molecule has 3 unspecified atom stereocenters. The molecule has 6 nitrogen and oxygen atoms in total. The van der Waals surface area contributed by atoms with Gasteiger partial charge in [0.2, 0.25) is 7.37 Å². The minimum Gasteiger partial charge on any atom is -0.388 e. The first-order chi connectivity index (χ1) is 8.02. The highest BCUT2D eigenvalue weighted by molar-refractivity contribution is 7.80. The Morgan fingerprint density at radius 1 is 1.33 bits per heavy atom. The second-order valence-electron chi connectivity index (χ2n) is 5.20. The maximum atomic E-state index is 11.8. The standard InChI is InChI=1S/C9H21BO6P2/c1-17(2,13)5-18(14,15)4-3-6-7(11)8(12)9(10)16-6/h6-9,11-13H,1,3-5,10H2,2H3,(H,14,15)/t6-,7?,8+,9-,17?/m1/s1. The van der Waals surface area contributed by atoms with Crippen LogP contribution in [0.2, 0.25) is 0 Å². The van der Waals surface area contributed by atoms with E-state index in [4.69, 9.17) is 4.74 Å². The van der Waals surface area contributed by atoms with Crippen LogP contribution in [0.25, 0.3) is 0 Å². The van der Waals surface area contributed by atoms with Crippen molar-refractivity contribution >= 4 is 28.6 Å². The lowest BCUT2D eigenvalue weighted by atomic mass is 9.93. The zero-order valence-electron chi connectivity index (χ0n) is 10.6. The van der Waals surface area contributed by atoms with Gasteiger partial charge in [-0.1, -0.05) is 6.30 Å². The van der Waals surface area contributed by atoms with Crippen LogP contribution in [0.3, 0.4) is 0 Å². The Bertz CT molecular complexity index is 383. The summed E-state index contributed by atoms with van der Waals surface area (Å²) >= 11 is 0. The van der Waals surface area contributed by atoms with Crippen LogP contribution in [0.4, 0.5) is 0 Å². The molecule has 9 heteroatoms. The molecule has 0 aromatic carbocycles. The van der Waals surface area contributed by atoms with Gasteiger partial charge in [0, 0.05) is 13.3 Å². The Kier molecular flexibility index (Phi) is 5.30. The van der Waals surface area contributed by atoms with Gasteiger partial charge in [-0.3, -0.25) is 4.57 Å². The van der Waals surface area contributed by atoms with E-state index in [9.17, 15) is 24.6 Å². The first kappa shape index (κ1) is 16.4. The molecular weight excluding hydrogens is 277 g/mol. The monoisotopic (exact) mass is 298 g/mol. The SMILES string of the molecule is B[C@@H]1O[C@H](CCP(=O)(O)CP(=C)(C)O)C(O)[C@@H]1O. The van der Waals surface area contributed by atoms with Crippen LogP contribution in [-0.4, -0.2) is 77.2 Å². The summed E-state index contributed by atoms with van der Waals surface area (Å²) in [4.78, 5) is 19.2. The van der Waals surface area contributed by atoms with Crippen molar-refractivity contribution < 1.29 is 29.3 Å². The maximum absolute atomic E-state index is 11.8. The fraction of sp³-hybridized carbons (Fsp3) is 0.889. The van der Waals surface area contributed by atoms with Gasteiger partial charge in [0.25, 0.3) is 0 Å². The van der Waals surface area contributed by atoms with E-state index in [2.05, 4.69) is 6.30 Å². The summed E-state index contributed by atoms with van der Waals surface area (Å²) in [5.41, 5.74) is 0. The highest BCUT2D eigenvalue weighted by atomic mass is 31.2. The molecule has 0 saturated carbocycles. The summed E-state index contributed by atoms with van der Waals surface area (Å²) in [6.45, 7) is 1.47. The number of ether oxygens (including phenoxy) is 1. The van der Waals surface area contributed by atoms with Crippen LogP contribution in [-0.2, 0) is 9.30 Å². The summed E-state index contributed by atoms with van der Waals surface area (Å²) < 4.78 is 17.1. The Morgan fingerprint density at radius 2 is 1.89 bits per heavy atom. The first-order valence-electron chi connectivity index (χ1n) is 5.77. The normalized spacial score (nSPS) is 39.2. The molecule has 1 rings (SSSR count). The maximum Gasteiger partial charge on any atom is 0.206 e. The van der Waals surface area contributed by atoms with E-state index in [0.717, 1.165) is 0 Å². The lowest BCUT2D eigenvalue weighted by molar-refractivity contribution is 0.0212. The highest BCUT2D eigenvalue weighted by Gasteiger charge is 2.40. The zero-order valence-corrected chi connectivity index (χ0v) is 12.4. The van der Waals surface area contributed by atoms with Gasteiger partial charge < -0.3 is 24.7 Å². The lowest BCUT2D eigenvalue weighted by Crippen LogP contribution is -2.32. The minimum absolute atomic E-state index is 0.0557. The number of hydrogen-bond donors (Lipinski definition) is 4. The third-order valence-corrected chi connectivity index (χ3v) is 8.05. The van der Waals surface area contributed by atoms with Gasteiger partial charge in [-0.05, 0) is 13.1 Å². The summed E-state index contributed by atoms with van der Waals surface area (Å²) in [6, 6.07) is -0.480. The molecule has 4 N–H and O–H groups in total. The van der Waals surface area contributed by atoms with Gasteiger partial charge in [-0.25, -0.2) is 0 Å². The molecule has 1 fully saturated rings. The number of hydrogen-bond acceptors (Lipinski definition) is 5. The Morgan fingerprint density at radius 3 is 2.28 bits per heavy atom. The third-order valence-electron chi connectivity index (χ3n) is 2.89. The molecule has 0 spiro atoms. The van der Waals surface area contributed by atoms with Crippen molar-refractivity contribution in [3.05, 3.63) is 0 Å². The predicted molar refractivity (Wildman–Crippen MR) is 75.6 cm³/mol. The van der Waals surface area contributed by atoms with Crippen molar-refractivity contribution in [2.45, 2.75) is 30.7 Å². The molecule has 1 aliphatic heterocycles. The van der Waals surface area contributed by atoms with Gasteiger partial charge in [0.05, 0.1) is 18.0 Å². The molecule has 0 aromatic rings. The van der Waals surface area contributed by atoms with Gasteiger partial charge in [-0.2, -0.15) is 0 Å². The smallest absolute Gasteiger partial charge is 0.206 e. The topological polar surface area (TPSA) is 107 Å². The van der Waals surface area contributed by atoms with Crippen LogP contribution in [0.15, 0.2) is 0 Å². The van der Waals surface area contributed by atoms with E-state index >= 15 is 0 Å². The minimum atomic E-state index is -3.47. The average molecular weight is 298 g/mol. The van der Waals surface area contributed by atoms with E-state index in [0.29, 0.717) is 0 Å². The van der Waals surface area contributed by atoms with Crippen LogP contribution in [0.1, 0.15) is 6.42 Å². The first-order valence-corrected chi connectivity index (χ1v) is 10.4. The van der Waals surface area contributed by atoms with Crippen molar-refractivity contribution in [2.24, 2.45) is 0 Å². The van der Waals surface area contributed by atoms with Gasteiger partial charge in [0.15, 0.2) is 0 Å². The average Bonchev–Trinajstić information content (AvgIpc) is 2.39. The number of rotatable bonds is 5. The Labute approximate surface area is 108 Å². The molecule has 0 amide bonds. The molecule has 1 saturated heterocycles. The highest BCUT2D eigenvalue weighted by Crippen LogP contribution is 2.55. The fourth-order valence-corrected chi connectivity index (χ4v) is 7.08. The van der Waals surface area contributed by atoms with Crippen LogP contribution >= 0.6 is 14.5 Å². The largest absolute Gasteiger partial charge is 0.388 e. The second-order valence-corrected chi connectivity index (χ2v) is 11.1. The van der Waals surface area contributed by atoms with Crippen LogP contribution in [0.5, 0.6) is 0 Å². The zero-order chi connectivity index (χ0) is 14.1. The van der Waals surface area contributed by atoms with Crippen molar-refractivity contribution in [1.29, 1.82) is 0 Å².